The molecule has 8 heteroatoms. The van der Waals surface area contributed by atoms with Crippen LogP contribution >= 0.6 is 0 Å². The lowest BCUT2D eigenvalue weighted by molar-refractivity contribution is -0.385. The first kappa shape index (κ1) is 14.5. The quantitative estimate of drug-likeness (QED) is 0.386. The lowest BCUT2D eigenvalue weighted by Crippen LogP contribution is -2.13. The Labute approximate surface area is 120 Å². The normalized spacial score (nSPS) is 10.4. The molecule has 3 N–H and O–H groups in total. The van der Waals surface area contributed by atoms with Crippen molar-refractivity contribution in [1.82, 2.24) is 9.78 Å². The standard InChI is InChI=1S/C13H15N5O3/c1-7-4-5-10(9(6-7)18(19)20)21-13-11(12(14)15)8(2)16-17(13)3/h4-6H,1-3H3,(H3,14,15). The molecule has 0 spiro atoms. The first-order chi connectivity index (χ1) is 9.81. The lowest BCUT2D eigenvalue weighted by atomic mass is 10.2. The minimum absolute atomic E-state index is 0.0797. The fourth-order valence-electron chi connectivity index (χ4n) is 2.02. The number of nitrogens with two attached hydrogens (primary N) is 1. The molecule has 21 heavy (non-hydrogen) atoms. The number of nitro groups is 1. The van der Waals surface area contributed by atoms with E-state index in [0.29, 0.717) is 11.3 Å². The summed E-state index contributed by atoms with van der Waals surface area (Å²) in [5.41, 5.74) is 6.97. The van der Waals surface area contributed by atoms with E-state index in [2.05, 4.69) is 5.10 Å². The molecule has 0 aliphatic carbocycles. The van der Waals surface area contributed by atoms with Crippen LogP contribution in [0.3, 0.4) is 0 Å². The van der Waals surface area contributed by atoms with Crippen molar-refractivity contribution in [3.63, 3.8) is 0 Å². The number of ether oxygens (including phenoxy) is 1. The number of nitrogens with zero attached hydrogens (tertiary/aromatic N) is 3. The zero-order valence-corrected chi connectivity index (χ0v) is 11.9. The van der Waals surface area contributed by atoms with Gasteiger partial charge in [0.1, 0.15) is 11.4 Å². The second-order valence-corrected chi connectivity index (χ2v) is 4.63. The predicted molar refractivity (Wildman–Crippen MR) is 76.9 cm³/mol. The van der Waals surface area contributed by atoms with Crippen LogP contribution in [0.1, 0.15) is 16.8 Å². The second-order valence-electron chi connectivity index (χ2n) is 4.63. The molecule has 0 bridgehead atoms. The molecule has 1 aromatic heterocycles. The number of benzene rings is 1. The third-order valence-electron chi connectivity index (χ3n) is 2.96. The number of nitrogens with one attached hydrogen (secondary N) is 1. The van der Waals surface area contributed by atoms with E-state index >= 15 is 0 Å². The average Bonchev–Trinajstić information content (AvgIpc) is 2.66. The van der Waals surface area contributed by atoms with Gasteiger partial charge in [-0.1, -0.05) is 6.07 Å². The summed E-state index contributed by atoms with van der Waals surface area (Å²) in [6, 6.07) is 4.64. The molecule has 0 aliphatic heterocycles. The van der Waals surface area contributed by atoms with Gasteiger partial charge in [0.15, 0.2) is 0 Å². The molecule has 1 aromatic carbocycles. The van der Waals surface area contributed by atoms with Crippen molar-refractivity contribution in [2.45, 2.75) is 13.8 Å². The van der Waals surface area contributed by atoms with Gasteiger partial charge in [-0.25, -0.2) is 4.68 Å². The van der Waals surface area contributed by atoms with Gasteiger partial charge >= 0.3 is 5.69 Å². The number of amidine groups is 1. The second kappa shape index (κ2) is 5.23. The third kappa shape index (κ3) is 2.69. The monoisotopic (exact) mass is 289 g/mol. The zero-order valence-electron chi connectivity index (χ0n) is 11.9. The highest BCUT2D eigenvalue weighted by Gasteiger charge is 2.22. The molecule has 110 valence electrons. The molecule has 2 aromatic rings. The molecule has 0 amide bonds. The van der Waals surface area contributed by atoms with Crippen LogP contribution in [0.25, 0.3) is 0 Å². The smallest absolute Gasteiger partial charge is 0.311 e. The summed E-state index contributed by atoms with van der Waals surface area (Å²) in [6.45, 7) is 3.44. The van der Waals surface area contributed by atoms with Crippen LogP contribution in [0.5, 0.6) is 11.6 Å². The maximum Gasteiger partial charge on any atom is 0.311 e. The summed E-state index contributed by atoms with van der Waals surface area (Å²) in [6.07, 6.45) is 0. The van der Waals surface area contributed by atoms with Crippen molar-refractivity contribution in [3.8, 4) is 11.6 Å². The molecule has 2 rings (SSSR count). The maximum atomic E-state index is 11.1. The van der Waals surface area contributed by atoms with Crippen LogP contribution in [-0.2, 0) is 7.05 Å². The van der Waals surface area contributed by atoms with Gasteiger partial charge in [-0.05, 0) is 25.5 Å². The Hall–Kier alpha value is -2.90. The third-order valence-corrected chi connectivity index (χ3v) is 2.96. The molecular weight excluding hydrogens is 274 g/mol. The van der Waals surface area contributed by atoms with Crippen molar-refractivity contribution in [3.05, 3.63) is 45.1 Å². The van der Waals surface area contributed by atoms with Crippen molar-refractivity contribution in [1.29, 1.82) is 5.41 Å². The first-order valence-electron chi connectivity index (χ1n) is 6.12. The van der Waals surface area contributed by atoms with Gasteiger partial charge in [0.25, 0.3) is 0 Å². The Morgan fingerprint density at radius 2 is 2.14 bits per heavy atom. The molecule has 0 saturated carbocycles. The van der Waals surface area contributed by atoms with E-state index in [4.69, 9.17) is 15.9 Å². The van der Waals surface area contributed by atoms with Crippen molar-refractivity contribution < 1.29 is 9.66 Å². The summed E-state index contributed by atoms with van der Waals surface area (Å²) in [5.74, 6) is 0.0772. The van der Waals surface area contributed by atoms with Crippen LogP contribution in [0, 0.1) is 29.4 Å². The minimum Gasteiger partial charge on any atom is -0.431 e. The van der Waals surface area contributed by atoms with E-state index in [1.54, 1.807) is 27.0 Å². The SMILES string of the molecule is Cc1ccc(Oc2c(C(=N)N)c(C)nn2C)c([N+](=O)[O-])c1. The molecule has 8 nitrogen and oxygen atoms in total. The van der Waals surface area contributed by atoms with Crippen molar-refractivity contribution in [2.24, 2.45) is 12.8 Å². The minimum atomic E-state index is -0.515. The van der Waals surface area contributed by atoms with Gasteiger partial charge in [-0.3, -0.25) is 15.5 Å². The van der Waals surface area contributed by atoms with Crippen LogP contribution in [-0.4, -0.2) is 20.5 Å². The number of hydrogen-bond donors (Lipinski definition) is 2. The summed E-state index contributed by atoms with van der Waals surface area (Å²) < 4.78 is 7.01. The van der Waals surface area contributed by atoms with Crippen LogP contribution < -0.4 is 10.5 Å². The molecule has 1 heterocycles. The van der Waals surface area contributed by atoms with Gasteiger partial charge < -0.3 is 10.5 Å². The number of nitrogen functional groups attached to an aromatic ring is 1. The van der Waals surface area contributed by atoms with E-state index < -0.39 is 4.92 Å². The topological polar surface area (TPSA) is 120 Å². The fourth-order valence-corrected chi connectivity index (χ4v) is 2.02. The number of nitro benzene ring substituents is 1. The number of aromatic nitrogens is 2. The van der Waals surface area contributed by atoms with E-state index in [0.717, 1.165) is 5.56 Å². The maximum absolute atomic E-state index is 11.1. The van der Waals surface area contributed by atoms with E-state index in [-0.39, 0.29) is 23.2 Å². The van der Waals surface area contributed by atoms with Crippen LogP contribution in [0.2, 0.25) is 0 Å². The Bertz CT molecular complexity index is 736. The van der Waals surface area contributed by atoms with Gasteiger partial charge in [-0.2, -0.15) is 5.10 Å². The van der Waals surface area contributed by atoms with Crippen molar-refractivity contribution >= 4 is 11.5 Å². The molecule has 0 saturated heterocycles. The number of hydrogen-bond acceptors (Lipinski definition) is 5. The van der Waals surface area contributed by atoms with Crippen LogP contribution in [0.15, 0.2) is 18.2 Å². The van der Waals surface area contributed by atoms with E-state index in [1.165, 1.54) is 16.8 Å². The summed E-state index contributed by atoms with van der Waals surface area (Å²) in [7, 11) is 1.62. The predicted octanol–water partition coefficient (Wildman–Crippen LogP) is 2.02. The average molecular weight is 289 g/mol. The van der Waals surface area contributed by atoms with E-state index in [9.17, 15) is 10.1 Å². The van der Waals surface area contributed by atoms with E-state index in [1.807, 2.05) is 0 Å². The summed E-state index contributed by atoms with van der Waals surface area (Å²) in [5, 5.41) is 22.8. The Morgan fingerprint density at radius 1 is 1.48 bits per heavy atom. The fraction of sp³-hybridized carbons (Fsp3) is 0.231. The van der Waals surface area contributed by atoms with Gasteiger partial charge in [0.2, 0.25) is 11.6 Å². The molecule has 0 fully saturated rings. The first-order valence-corrected chi connectivity index (χ1v) is 6.12. The molecule has 0 unspecified atom stereocenters. The summed E-state index contributed by atoms with van der Waals surface area (Å²) >= 11 is 0. The molecule has 0 atom stereocenters. The Morgan fingerprint density at radius 3 is 2.71 bits per heavy atom. The Balaban J connectivity index is 2.53. The highest BCUT2D eigenvalue weighted by molar-refractivity contribution is 5.98. The Kier molecular flexibility index (Phi) is 3.62. The molecule has 0 aliphatic rings. The highest BCUT2D eigenvalue weighted by atomic mass is 16.6. The van der Waals surface area contributed by atoms with Gasteiger partial charge in [0.05, 0.1) is 10.6 Å². The molecule has 0 radical (unpaired) electrons. The zero-order chi connectivity index (χ0) is 15.7. The largest absolute Gasteiger partial charge is 0.431 e. The number of rotatable bonds is 4. The molecular formula is C13H15N5O3. The van der Waals surface area contributed by atoms with Gasteiger partial charge in [0, 0.05) is 13.1 Å². The number of aryl methyl sites for hydroxylation is 3. The highest BCUT2D eigenvalue weighted by Crippen LogP contribution is 2.34. The van der Waals surface area contributed by atoms with Gasteiger partial charge in [-0.15, -0.1) is 0 Å². The van der Waals surface area contributed by atoms with Crippen molar-refractivity contribution in [2.75, 3.05) is 0 Å². The summed E-state index contributed by atoms with van der Waals surface area (Å²) in [4.78, 5) is 10.6. The van der Waals surface area contributed by atoms with Crippen LogP contribution in [0.4, 0.5) is 5.69 Å². The lowest BCUT2D eigenvalue weighted by Gasteiger charge is -2.09.